The molecule has 1 aromatic heterocycles. The second kappa shape index (κ2) is 5.62. The van der Waals surface area contributed by atoms with Gasteiger partial charge in [-0.05, 0) is 25.0 Å². The number of aromatic amines is 1. The molecule has 0 unspecified atom stereocenters. The zero-order chi connectivity index (χ0) is 13.9. The van der Waals surface area contributed by atoms with Gasteiger partial charge in [0.25, 0.3) is 0 Å². The lowest BCUT2D eigenvalue weighted by atomic mass is 10.2. The maximum atomic E-state index is 13.6. The van der Waals surface area contributed by atoms with Crippen LogP contribution in [0.3, 0.4) is 0 Å². The van der Waals surface area contributed by atoms with Gasteiger partial charge in [-0.1, -0.05) is 23.9 Å². The standard InChI is InChI=1S/C13H13FN4OS/c14-10-4-2-1-3-9(10)12-16-13(18-17-12)20-7-11(19)15-8-5-6-8/h1-4,8H,5-7H2,(H,15,19)(H,16,17,18). The number of carbonyl (C=O) groups excluding carboxylic acids is 1. The number of nitrogens with one attached hydrogen (secondary N) is 2. The molecule has 0 bridgehead atoms. The molecule has 0 atom stereocenters. The van der Waals surface area contributed by atoms with Gasteiger partial charge in [0.2, 0.25) is 11.1 Å². The number of rotatable bonds is 5. The minimum absolute atomic E-state index is 0.0188. The van der Waals surface area contributed by atoms with Gasteiger partial charge in [-0.3, -0.25) is 9.89 Å². The molecule has 20 heavy (non-hydrogen) atoms. The quantitative estimate of drug-likeness (QED) is 0.827. The van der Waals surface area contributed by atoms with Crippen molar-refractivity contribution in [3.63, 3.8) is 0 Å². The van der Waals surface area contributed by atoms with Crippen molar-refractivity contribution in [2.45, 2.75) is 24.0 Å². The Labute approximate surface area is 119 Å². The van der Waals surface area contributed by atoms with Crippen LogP contribution in [0.15, 0.2) is 29.4 Å². The first-order valence-corrected chi connectivity index (χ1v) is 7.30. The minimum Gasteiger partial charge on any atom is -0.353 e. The van der Waals surface area contributed by atoms with E-state index in [-0.39, 0.29) is 17.5 Å². The zero-order valence-electron chi connectivity index (χ0n) is 10.6. The Morgan fingerprint density at radius 3 is 3.00 bits per heavy atom. The minimum atomic E-state index is -0.355. The van der Waals surface area contributed by atoms with Gasteiger partial charge in [0.15, 0.2) is 5.82 Å². The molecule has 2 N–H and O–H groups in total. The molecular weight excluding hydrogens is 279 g/mol. The van der Waals surface area contributed by atoms with E-state index in [1.807, 2.05) is 0 Å². The topological polar surface area (TPSA) is 70.7 Å². The van der Waals surface area contributed by atoms with Crippen LogP contribution in [0.1, 0.15) is 12.8 Å². The Morgan fingerprint density at radius 1 is 1.45 bits per heavy atom. The maximum absolute atomic E-state index is 13.6. The van der Waals surface area contributed by atoms with E-state index in [1.54, 1.807) is 18.2 Å². The largest absolute Gasteiger partial charge is 0.353 e. The summed E-state index contributed by atoms with van der Waals surface area (Å²) in [5.74, 6) is 0.264. The highest BCUT2D eigenvalue weighted by Gasteiger charge is 2.23. The third-order valence-electron chi connectivity index (χ3n) is 2.87. The van der Waals surface area contributed by atoms with Crippen molar-refractivity contribution in [1.29, 1.82) is 0 Å². The number of H-pyrrole nitrogens is 1. The van der Waals surface area contributed by atoms with Crippen LogP contribution in [0.2, 0.25) is 0 Å². The molecule has 0 radical (unpaired) electrons. The predicted octanol–water partition coefficient (Wildman–Crippen LogP) is 1.98. The first-order valence-electron chi connectivity index (χ1n) is 6.32. The first-order chi connectivity index (χ1) is 9.72. The molecule has 2 aromatic rings. The van der Waals surface area contributed by atoms with Crippen molar-refractivity contribution < 1.29 is 9.18 Å². The number of amides is 1. The SMILES string of the molecule is O=C(CSc1n[nH]c(-c2ccccc2F)n1)NC1CC1. The van der Waals surface area contributed by atoms with Crippen LogP contribution in [-0.4, -0.2) is 32.9 Å². The number of halogens is 1. The van der Waals surface area contributed by atoms with Gasteiger partial charge in [0, 0.05) is 6.04 Å². The lowest BCUT2D eigenvalue weighted by molar-refractivity contribution is -0.118. The fourth-order valence-electron chi connectivity index (χ4n) is 1.71. The molecule has 0 aliphatic heterocycles. The van der Waals surface area contributed by atoms with Crippen LogP contribution in [0.4, 0.5) is 4.39 Å². The molecule has 1 aliphatic carbocycles. The molecule has 1 heterocycles. The molecule has 1 aliphatic rings. The summed E-state index contributed by atoms with van der Waals surface area (Å²) in [6.45, 7) is 0. The van der Waals surface area contributed by atoms with E-state index >= 15 is 0 Å². The number of thioether (sulfide) groups is 1. The summed E-state index contributed by atoms with van der Waals surface area (Å²) in [6.07, 6.45) is 2.13. The van der Waals surface area contributed by atoms with E-state index in [4.69, 9.17) is 0 Å². The van der Waals surface area contributed by atoms with Gasteiger partial charge < -0.3 is 5.32 Å². The highest BCUT2D eigenvalue weighted by molar-refractivity contribution is 7.99. The van der Waals surface area contributed by atoms with Crippen molar-refractivity contribution >= 4 is 17.7 Å². The van der Waals surface area contributed by atoms with Gasteiger partial charge in [0.1, 0.15) is 5.82 Å². The van der Waals surface area contributed by atoms with E-state index in [9.17, 15) is 9.18 Å². The Balaban J connectivity index is 1.61. The van der Waals surface area contributed by atoms with Crippen molar-refractivity contribution in [3.05, 3.63) is 30.1 Å². The van der Waals surface area contributed by atoms with Crippen LogP contribution in [-0.2, 0) is 4.79 Å². The first kappa shape index (κ1) is 13.1. The highest BCUT2D eigenvalue weighted by Crippen LogP contribution is 2.22. The van der Waals surface area contributed by atoms with Crippen LogP contribution in [0.25, 0.3) is 11.4 Å². The summed E-state index contributed by atoms with van der Waals surface area (Å²) in [6, 6.07) is 6.70. The summed E-state index contributed by atoms with van der Waals surface area (Å²) >= 11 is 1.23. The number of hydrogen-bond acceptors (Lipinski definition) is 4. The van der Waals surface area contributed by atoms with Gasteiger partial charge >= 0.3 is 0 Å². The number of carbonyl (C=O) groups is 1. The fraction of sp³-hybridized carbons (Fsp3) is 0.308. The zero-order valence-corrected chi connectivity index (χ0v) is 11.4. The Kier molecular flexibility index (Phi) is 3.68. The van der Waals surface area contributed by atoms with Crippen LogP contribution in [0.5, 0.6) is 0 Å². The van der Waals surface area contributed by atoms with Crippen LogP contribution >= 0.6 is 11.8 Å². The third kappa shape index (κ3) is 3.16. The smallest absolute Gasteiger partial charge is 0.230 e. The normalized spacial score (nSPS) is 14.2. The lowest BCUT2D eigenvalue weighted by Gasteiger charge is -2.00. The van der Waals surface area contributed by atoms with E-state index in [0.717, 1.165) is 12.8 Å². The van der Waals surface area contributed by atoms with Crippen molar-refractivity contribution in [2.24, 2.45) is 0 Å². The second-order valence-electron chi connectivity index (χ2n) is 4.58. The van der Waals surface area contributed by atoms with Crippen LogP contribution in [0, 0.1) is 5.82 Å². The van der Waals surface area contributed by atoms with E-state index in [1.165, 1.54) is 17.8 Å². The Bertz CT molecular complexity index is 626. The Hall–Kier alpha value is -1.89. The van der Waals surface area contributed by atoms with Crippen LogP contribution < -0.4 is 5.32 Å². The monoisotopic (exact) mass is 292 g/mol. The second-order valence-corrected chi connectivity index (χ2v) is 5.52. The number of nitrogens with zero attached hydrogens (tertiary/aromatic N) is 2. The van der Waals surface area contributed by atoms with E-state index in [2.05, 4.69) is 20.5 Å². The molecule has 1 amide bonds. The Morgan fingerprint density at radius 2 is 2.25 bits per heavy atom. The maximum Gasteiger partial charge on any atom is 0.230 e. The molecule has 1 saturated carbocycles. The van der Waals surface area contributed by atoms with E-state index in [0.29, 0.717) is 22.6 Å². The molecule has 1 fully saturated rings. The van der Waals surface area contributed by atoms with Gasteiger partial charge in [-0.25, -0.2) is 9.37 Å². The average molecular weight is 292 g/mol. The summed E-state index contributed by atoms with van der Waals surface area (Å²) in [7, 11) is 0. The molecular formula is C13H13FN4OS. The van der Waals surface area contributed by atoms with Crippen molar-refractivity contribution in [1.82, 2.24) is 20.5 Å². The number of aromatic nitrogens is 3. The summed E-state index contributed by atoms with van der Waals surface area (Å²) in [5, 5.41) is 9.99. The highest BCUT2D eigenvalue weighted by atomic mass is 32.2. The molecule has 0 spiro atoms. The van der Waals surface area contributed by atoms with Gasteiger partial charge in [-0.2, -0.15) is 0 Å². The third-order valence-corrected chi connectivity index (χ3v) is 3.72. The van der Waals surface area contributed by atoms with Gasteiger partial charge in [0.05, 0.1) is 11.3 Å². The fourth-order valence-corrected chi connectivity index (χ4v) is 2.32. The average Bonchev–Trinajstić information content (AvgIpc) is 3.12. The molecule has 1 aromatic carbocycles. The summed E-state index contributed by atoms with van der Waals surface area (Å²) in [4.78, 5) is 15.7. The summed E-state index contributed by atoms with van der Waals surface area (Å²) < 4.78 is 13.6. The molecule has 3 rings (SSSR count). The van der Waals surface area contributed by atoms with Gasteiger partial charge in [-0.15, -0.1) is 5.10 Å². The molecule has 0 saturated heterocycles. The molecule has 104 valence electrons. The van der Waals surface area contributed by atoms with Crippen molar-refractivity contribution in [3.8, 4) is 11.4 Å². The molecule has 7 heteroatoms. The predicted molar refractivity (Wildman–Crippen MR) is 73.7 cm³/mol. The number of hydrogen-bond donors (Lipinski definition) is 2. The summed E-state index contributed by atoms with van der Waals surface area (Å²) in [5.41, 5.74) is 0.370. The number of benzene rings is 1. The lowest BCUT2D eigenvalue weighted by Crippen LogP contribution is -2.27. The molecule has 5 nitrogen and oxygen atoms in total. The van der Waals surface area contributed by atoms with E-state index < -0.39 is 0 Å². The van der Waals surface area contributed by atoms with Crippen molar-refractivity contribution in [2.75, 3.05) is 5.75 Å².